The summed E-state index contributed by atoms with van der Waals surface area (Å²) < 4.78 is 10.5. The van der Waals surface area contributed by atoms with E-state index in [1.54, 1.807) is 6.08 Å². The van der Waals surface area contributed by atoms with Crippen molar-refractivity contribution in [2.24, 2.45) is 28.6 Å². The summed E-state index contributed by atoms with van der Waals surface area (Å²) in [7, 11) is 0. The predicted octanol–water partition coefficient (Wildman–Crippen LogP) is -0.302. The van der Waals surface area contributed by atoms with Crippen LogP contribution in [-0.4, -0.2) is 97.2 Å². The van der Waals surface area contributed by atoms with Crippen LogP contribution in [0.25, 0.3) is 0 Å². The molecule has 3 saturated carbocycles. The Bertz CT molecular complexity index is 1040. The van der Waals surface area contributed by atoms with Crippen LogP contribution in [0.5, 0.6) is 0 Å². The van der Waals surface area contributed by atoms with E-state index in [1.807, 2.05) is 6.92 Å². The average molecular weight is 539 g/mol. The zero-order valence-electron chi connectivity index (χ0n) is 21.7. The molecule has 1 heterocycles. The molecule has 0 amide bonds. The average Bonchev–Trinajstić information content (AvgIpc) is 3.13. The van der Waals surface area contributed by atoms with Crippen LogP contribution in [0.1, 0.15) is 58.8 Å². The molecule has 1 unspecified atom stereocenters. The minimum absolute atomic E-state index is 0.0364. The fraction of sp³-hybridized carbons (Fsp3) is 0.815. The molecule has 0 spiro atoms. The van der Waals surface area contributed by atoms with Crippen LogP contribution in [0.4, 0.5) is 0 Å². The van der Waals surface area contributed by atoms with Gasteiger partial charge in [0.1, 0.15) is 30.5 Å². The highest BCUT2D eigenvalue weighted by atomic mass is 16.7. The number of carbonyl (C=O) groups is 3. The van der Waals surface area contributed by atoms with Crippen molar-refractivity contribution in [3.8, 4) is 0 Å². The SMILES string of the molecule is C[C@]12CCC(=O)C=C1CC[C@@H]1[C@@H]2[C@@H](O)C[C@@]2(C)[C@H]1CC[C@]2(O)C(=O)COC1O[C@H](C(=O)O)[C@@H](O)[C@H](O)[C@H]1O. The third kappa shape index (κ3) is 3.93. The van der Waals surface area contributed by atoms with Gasteiger partial charge in [0.2, 0.25) is 0 Å². The molecule has 1 aliphatic heterocycles. The fourth-order valence-electron chi connectivity index (χ4n) is 8.62. The van der Waals surface area contributed by atoms with E-state index in [0.29, 0.717) is 19.3 Å². The van der Waals surface area contributed by atoms with Crippen molar-refractivity contribution < 1.29 is 54.5 Å². The van der Waals surface area contributed by atoms with Crippen molar-refractivity contribution in [3.05, 3.63) is 11.6 Å². The third-order valence-corrected chi connectivity index (χ3v) is 10.7. The molecule has 212 valence electrons. The minimum atomic E-state index is -1.89. The maximum atomic E-state index is 13.5. The van der Waals surface area contributed by atoms with E-state index in [1.165, 1.54) is 0 Å². The van der Waals surface area contributed by atoms with Crippen molar-refractivity contribution >= 4 is 17.5 Å². The molecule has 4 aliphatic carbocycles. The minimum Gasteiger partial charge on any atom is -0.479 e. The maximum Gasteiger partial charge on any atom is 0.335 e. The number of aliphatic hydroxyl groups is 5. The van der Waals surface area contributed by atoms with Gasteiger partial charge in [0.15, 0.2) is 24.0 Å². The Kier molecular flexibility index (Phi) is 6.91. The van der Waals surface area contributed by atoms with Gasteiger partial charge in [0.25, 0.3) is 0 Å². The Balaban J connectivity index is 1.33. The summed E-state index contributed by atoms with van der Waals surface area (Å²) in [6.45, 7) is 3.23. The first kappa shape index (κ1) is 27.8. The number of aliphatic carboxylic acids is 1. The maximum absolute atomic E-state index is 13.5. The number of aliphatic hydroxyl groups excluding tert-OH is 4. The molecule has 4 fully saturated rings. The number of rotatable bonds is 5. The van der Waals surface area contributed by atoms with Crippen LogP contribution in [-0.2, 0) is 23.9 Å². The zero-order chi connectivity index (χ0) is 27.8. The summed E-state index contributed by atoms with van der Waals surface area (Å²) in [5.41, 5.74) is -1.98. The first-order chi connectivity index (χ1) is 17.7. The summed E-state index contributed by atoms with van der Waals surface area (Å²) in [5, 5.41) is 62.6. The topological polar surface area (TPSA) is 191 Å². The molecule has 11 heteroatoms. The Morgan fingerprint density at radius 1 is 1.05 bits per heavy atom. The quantitative estimate of drug-likeness (QED) is 0.269. The lowest BCUT2D eigenvalue weighted by Gasteiger charge is -2.60. The number of carboxylic acids is 1. The molecule has 5 rings (SSSR count). The van der Waals surface area contributed by atoms with Gasteiger partial charge >= 0.3 is 5.97 Å². The molecule has 0 aromatic rings. The van der Waals surface area contributed by atoms with Crippen molar-refractivity contribution in [3.63, 3.8) is 0 Å². The number of ketones is 2. The summed E-state index contributed by atoms with van der Waals surface area (Å²) in [5.74, 6) is -2.17. The number of Topliss-reactive ketones (excluding diaryl/α,β-unsaturated/α-hetero) is 1. The molecule has 1 saturated heterocycles. The predicted molar refractivity (Wildman–Crippen MR) is 128 cm³/mol. The number of hydrogen-bond donors (Lipinski definition) is 6. The summed E-state index contributed by atoms with van der Waals surface area (Å²) >= 11 is 0. The zero-order valence-corrected chi connectivity index (χ0v) is 21.7. The van der Waals surface area contributed by atoms with Crippen molar-refractivity contribution in [2.45, 2.75) is 101 Å². The number of hydrogen-bond acceptors (Lipinski definition) is 10. The highest BCUT2D eigenvalue weighted by molar-refractivity contribution is 5.92. The van der Waals surface area contributed by atoms with Gasteiger partial charge in [-0.05, 0) is 67.8 Å². The van der Waals surface area contributed by atoms with E-state index in [4.69, 9.17) is 9.47 Å². The first-order valence-corrected chi connectivity index (χ1v) is 13.5. The molecule has 0 bridgehead atoms. The van der Waals surface area contributed by atoms with Gasteiger partial charge in [0.05, 0.1) is 6.10 Å². The van der Waals surface area contributed by atoms with Crippen LogP contribution < -0.4 is 0 Å². The second-order valence-electron chi connectivity index (χ2n) is 12.4. The van der Waals surface area contributed by atoms with E-state index in [-0.39, 0.29) is 41.8 Å². The summed E-state index contributed by atoms with van der Waals surface area (Å²) in [6, 6.07) is 0. The van der Waals surface area contributed by atoms with Gasteiger partial charge in [-0.2, -0.15) is 0 Å². The Hall–Kier alpha value is -1.73. The van der Waals surface area contributed by atoms with Gasteiger partial charge in [-0.25, -0.2) is 4.79 Å². The fourth-order valence-corrected chi connectivity index (χ4v) is 8.62. The van der Waals surface area contributed by atoms with Gasteiger partial charge in [0, 0.05) is 11.8 Å². The normalized spacial score (nSPS) is 50.4. The number of carboxylic acid groups (broad SMARTS) is 1. The van der Waals surface area contributed by atoms with Crippen LogP contribution in [0.3, 0.4) is 0 Å². The van der Waals surface area contributed by atoms with Crippen LogP contribution in [0.2, 0.25) is 0 Å². The van der Waals surface area contributed by atoms with Gasteiger partial charge < -0.3 is 40.1 Å². The molecular weight excluding hydrogens is 500 g/mol. The molecule has 0 aromatic heterocycles. The van der Waals surface area contributed by atoms with E-state index in [2.05, 4.69) is 6.92 Å². The number of ether oxygens (including phenoxy) is 2. The van der Waals surface area contributed by atoms with E-state index >= 15 is 0 Å². The number of fused-ring (bicyclic) bond motifs is 5. The first-order valence-electron chi connectivity index (χ1n) is 13.5. The van der Waals surface area contributed by atoms with E-state index < -0.39 is 66.2 Å². The standard InChI is InChI=1S/C27H38O11/c1-25-7-5-13(28)9-12(25)3-4-14-15-6-8-27(36,26(15,2)10-16(29)18(14)25)17(30)11-37-24-21(33)19(31)20(32)22(38-24)23(34)35/h9,14-16,18-22,24,29,31-33,36H,3-8,10-11H2,1-2H3,(H,34,35)/t14-,15-,16-,18+,19-,20-,21+,22-,24?,25-,26-,27-/m0/s1. The van der Waals surface area contributed by atoms with Crippen LogP contribution in [0, 0.1) is 28.6 Å². The molecule has 6 N–H and O–H groups in total. The molecule has 12 atom stereocenters. The molecule has 0 radical (unpaired) electrons. The summed E-state index contributed by atoms with van der Waals surface area (Å²) in [4.78, 5) is 36.9. The highest BCUT2D eigenvalue weighted by Gasteiger charge is 2.68. The number of carbonyl (C=O) groups excluding carboxylic acids is 2. The third-order valence-electron chi connectivity index (χ3n) is 10.7. The Labute approximate surface area is 220 Å². The lowest BCUT2D eigenvalue weighted by Crippen LogP contribution is -2.63. The Morgan fingerprint density at radius 3 is 2.45 bits per heavy atom. The van der Waals surface area contributed by atoms with Crippen LogP contribution >= 0.6 is 0 Å². The summed E-state index contributed by atoms with van der Waals surface area (Å²) in [6.07, 6.45) is -4.58. The second kappa shape index (κ2) is 9.43. The van der Waals surface area contributed by atoms with Crippen molar-refractivity contribution in [1.82, 2.24) is 0 Å². The van der Waals surface area contributed by atoms with Crippen molar-refractivity contribution in [2.75, 3.05) is 6.61 Å². The van der Waals surface area contributed by atoms with E-state index in [9.17, 15) is 45.0 Å². The van der Waals surface area contributed by atoms with Gasteiger partial charge in [-0.1, -0.05) is 19.4 Å². The molecular formula is C27H38O11. The van der Waals surface area contributed by atoms with Crippen molar-refractivity contribution in [1.29, 1.82) is 0 Å². The smallest absolute Gasteiger partial charge is 0.335 e. The van der Waals surface area contributed by atoms with E-state index in [0.717, 1.165) is 18.4 Å². The molecule has 38 heavy (non-hydrogen) atoms. The van der Waals surface area contributed by atoms with Crippen LogP contribution in [0.15, 0.2) is 11.6 Å². The molecule has 5 aliphatic rings. The Morgan fingerprint density at radius 2 is 1.76 bits per heavy atom. The molecule has 0 aromatic carbocycles. The lowest BCUT2D eigenvalue weighted by atomic mass is 9.45. The lowest BCUT2D eigenvalue weighted by molar-refractivity contribution is -0.293. The van der Waals surface area contributed by atoms with Gasteiger partial charge in [-0.15, -0.1) is 0 Å². The van der Waals surface area contributed by atoms with Gasteiger partial charge in [-0.3, -0.25) is 9.59 Å². The number of allylic oxidation sites excluding steroid dienone is 1. The highest BCUT2D eigenvalue weighted by Crippen LogP contribution is 2.67. The molecule has 11 nitrogen and oxygen atoms in total. The largest absolute Gasteiger partial charge is 0.479 e. The monoisotopic (exact) mass is 538 g/mol. The second-order valence-corrected chi connectivity index (χ2v) is 12.4.